The van der Waals surface area contributed by atoms with Gasteiger partial charge >= 0.3 is 0 Å². The van der Waals surface area contributed by atoms with Gasteiger partial charge in [0.25, 0.3) is 5.91 Å². The summed E-state index contributed by atoms with van der Waals surface area (Å²) in [6.45, 7) is 0.442. The number of carbonyl (C=O) groups is 1. The number of halogens is 1. The minimum Gasteiger partial charge on any atom is -0.482 e. The van der Waals surface area contributed by atoms with E-state index in [1.54, 1.807) is 24.5 Å². The summed E-state index contributed by atoms with van der Waals surface area (Å²) >= 11 is 3.36. The lowest BCUT2D eigenvalue weighted by Crippen LogP contribution is -2.29. The molecule has 1 aromatic heterocycles. The zero-order chi connectivity index (χ0) is 16.3. The average molecular weight is 375 g/mol. The Bertz CT molecular complexity index is 696. The highest BCUT2D eigenvalue weighted by Crippen LogP contribution is 2.17. The van der Waals surface area contributed by atoms with Gasteiger partial charge in [-0.2, -0.15) is 0 Å². The van der Waals surface area contributed by atoms with Gasteiger partial charge in [-0.15, -0.1) is 0 Å². The van der Waals surface area contributed by atoms with E-state index in [9.17, 15) is 4.79 Å². The number of carbonyl (C=O) groups excluding carboxylic acids is 1. The second-order valence-corrected chi connectivity index (χ2v) is 5.27. The second kappa shape index (κ2) is 9.49. The number of pyridine rings is 1. The Morgan fingerprint density at radius 1 is 1.17 bits per heavy atom. The molecule has 0 aliphatic heterocycles. The van der Waals surface area contributed by atoms with E-state index < -0.39 is 0 Å². The number of ether oxygens (including phenoxy) is 2. The highest BCUT2D eigenvalue weighted by Gasteiger charge is 2.00. The molecule has 23 heavy (non-hydrogen) atoms. The van der Waals surface area contributed by atoms with Crippen LogP contribution in [0.2, 0.25) is 0 Å². The first-order valence-corrected chi connectivity index (χ1v) is 7.67. The summed E-state index contributed by atoms with van der Waals surface area (Å²) in [6.07, 6.45) is 3.19. The fourth-order valence-electron chi connectivity index (χ4n) is 1.56. The number of rotatable bonds is 6. The third kappa shape index (κ3) is 6.85. The van der Waals surface area contributed by atoms with Crippen LogP contribution < -0.4 is 14.8 Å². The van der Waals surface area contributed by atoms with Gasteiger partial charge in [-0.25, -0.2) is 0 Å². The molecule has 0 aliphatic rings. The Morgan fingerprint density at radius 3 is 2.83 bits per heavy atom. The standard InChI is InChI=1S/C17H15BrN2O3/c18-14-5-3-6-15(11-14)22-10-2-1-9-20-17(21)13-23-16-7-4-8-19-12-16/h3-8,11-12H,9-10,13H2,(H,20,21). The third-order valence-electron chi connectivity index (χ3n) is 2.61. The molecule has 2 aromatic rings. The van der Waals surface area contributed by atoms with Crippen LogP contribution in [0.5, 0.6) is 11.5 Å². The molecule has 0 saturated heterocycles. The summed E-state index contributed by atoms with van der Waals surface area (Å²) in [7, 11) is 0. The maximum absolute atomic E-state index is 11.5. The van der Waals surface area contributed by atoms with E-state index in [1.807, 2.05) is 24.3 Å². The molecule has 0 fully saturated rings. The second-order valence-electron chi connectivity index (χ2n) is 4.35. The first kappa shape index (κ1) is 16.8. The molecular weight excluding hydrogens is 360 g/mol. The molecule has 1 amide bonds. The van der Waals surface area contributed by atoms with E-state index >= 15 is 0 Å². The number of nitrogens with zero attached hydrogens (tertiary/aromatic N) is 1. The molecule has 0 spiro atoms. The molecule has 2 rings (SSSR count). The van der Waals surface area contributed by atoms with Crippen LogP contribution >= 0.6 is 15.9 Å². The fraction of sp³-hybridized carbons (Fsp3) is 0.176. The van der Waals surface area contributed by atoms with Crippen molar-refractivity contribution in [2.24, 2.45) is 0 Å². The van der Waals surface area contributed by atoms with Crippen molar-refractivity contribution in [1.29, 1.82) is 0 Å². The number of amides is 1. The van der Waals surface area contributed by atoms with E-state index in [1.165, 1.54) is 0 Å². The van der Waals surface area contributed by atoms with Gasteiger partial charge in [-0.3, -0.25) is 9.78 Å². The van der Waals surface area contributed by atoms with Gasteiger partial charge in [0.15, 0.2) is 6.61 Å². The van der Waals surface area contributed by atoms with Crippen LogP contribution in [0.4, 0.5) is 0 Å². The van der Waals surface area contributed by atoms with E-state index in [0.29, 0.717) is 5.75 Å². The number of benzene rings is 1. The quantitative estimate of drug-likeness (QED) is 0.788. The number of hydrogen-bond acceptors (Lipinski definition) is 4. The molecule has 0 aliphatic carbocycles. The molecule has 6 heteroatoms. The zero-order valence-electron chi connectivity index (χ0n) is 12.3. The van der Waals surface area contributed by atoms with Crippen molar-refractivity contribution in [2.75, 3.05) is 19.8 Å². The van der Waals surface area contributed by atoms with Crippen LogP contribution in [0.25, 0.3) is 0 Å². The van der Waals surface area contributed by atoms with E-state index in [0.717, 1.165) is 10.2 Å². The van der Waals surface area contributed by atoms with Crippen LogP contribution in [-0.4, -0.2) is 30.6 Å². The molecular formula is C17H15BrN2O3. The average Bonchev–Trinajstić information content (AvgIpc) is 2.57. The summed E-state index contributed by atoms with van der Waals surface area (Å²) in [5, 5.41) is 2.64. The fourth-order valence-corrected chi connectivity index (χ4v) is 1.94. The third-order valence-corrected chi connectivity index (χ3v) is 3.10. The van der Waals surface area contributed by atoms with Gasteiger partial charge < -0.3 is 14.8 Å². The highest BCUT2D eigenvalue weighted by atomic mass is 79.9. The lowest BCUT2D eigenvalue weighted by atomic mass is 10.3. The summed E-state index contributed by atoms with van der Waals surface area (Å²) in [6, 6.07) is 11.0. The minimum atomic E-state index is -0.240. The maximum atomic E-state index is 11.5. The predicted molar refractivity (Wildman–Crippen MR) is 90.2 cm³/mol. The Kier molecular flexibility index (Phi) is 6.95. The van der Waals surface area contributed by atoms with Crippen molar-refractivity contribution in [2.45, 2.75) is 0 Å². The molecule has 5 nitrogen and oxygen atoms in total. The topological polar surface area (TPSA) is 60.5 Å². The van der Waals surface area contributed by atoms with Crippen LogP contribution in [0.3, 0.4) is 0 Å². The van der Waals surface area contributed by atoms with Crippen molar-refractivity contribution in [3.05, 3.63) is 53.3 Å². The van der Waals surface area contributed by atoms with Crippen molar-refractivity contribution in [3.8, 4) is 23.3 Å². The molecule has 0 unspecified atom stereocenters. The summed E-state index contributed by atoms with van der Waals surface area (Å²) in [4.78, 5) is 15.4. The van der Waals surface area contributed by atoms with Gasteiger partial charge in [0.1, 0.15) is 18.1 Å². The normalized spacial score (nSPS) is 9.43. The summed E-state index contributed by atoms with van der Waals surface area (Å²) in [5.41, 5.74) is 0. The van der Waals surface area contributed by atoms with Crippen LogP contribution in [0, 0.1) is 11.8 Å². The number of nitrogens with one attached hydrogen (secondary N) is 1. The van der Waals surface area contributed by atoms with Crippen molar-refractivity contribution < 1.29 is 14.3 Å². The smallest absolute Gasteiger partial charge is 0.258 e. The van der Waals surface area contributed by atoms with Crippen molar-refractivity contribution in [1.82, 2.24) is 10.3 Å². The SMILES string of the molecule is O=C(COc1cccnc1)NCC#CCOc1cccc(Br)c1. The van der Waals surface area contributed by atoms with E-state index in [4.69, 9.17) is 9.47 Å². The van der Waals surface area contributed by atoms with Gasteiger partial charge in [0, 0.05) is 10.7 Å². The molecule has 0 bridgehead atoms. The molecule has 1 N–H and O–H groups in total. The largest absolute Gasteiger partial charge is 0.482 e. The molecule has 1 aromatic carbocycles. The minimum absolute atomic E-state index is 0.0675. The first-order chi connectivity index (χ1) is 11.2. The Hall–Kier alpha value is -2.52. The van der Waals surface area contributed by atoms with Crippen molar-refractivity contribution >= 4 is 21.8 Å². The van der Waals surface area contributed by atoms with Gasteiger partial charge in [-0.05, 0) is 30.3 Å². The van der Waals surface area contributed by atoms with Crippen LogP contribution in [0.1, 0.15) is 0 Å². The molecule has 1 heterocycles. The van der Waals surface area contributed by atoms with Crippen LogP contribution in [0.15, 0.2) is 53.3 Å². The Labute approximate surface area is 143 Å². The van der Waals surface area contributed by atoms with Gasteiger partial charge in [-0.1, -0.05) is 33.8 Å². The molecule has 0 atom stereocenters. The molecule has 118 valence electrons. The van der Waals surface area contributed by atoms with Gasteiger partial charge in [0.05, 0.1) is 12.7 Å². The number of aromatic nitrogens is 1. The van der Waals surface area contributed by atoms with E-state index in [2.05, 4.69) is 38.1 Å². The first-order valence-electron chi connectivity index (χ1n) is 6.87. The van der Waals surface area contributed by atoms with Gasteiger partial charge in [0.2, 0.25) is 0 Å². The summed E-state index contributed by atoms with van der Waals surface area (Å²) in [5.74, 6) is 6.69. The highest BCUT2D eigenvalue weighted by molar-refractivity contribution is 9.10. The Balaban J connectivity index is 1.60. The van der Waals surface area contributed by atoms with Crippen molar-refractivity contribution in [3.63, 3.8) is 0 Å². The lowest BCUT2D eigenvalue weighted by Gasteiger charge is -2.04. The molecule has 0 radical (unpaired) electrons. The van der Waals surface area contributed by atoms with Crippen LogP contribution in [-0.2, 0) is 4.79 Å². The zero-order valence-corrected chi connectivity index (χ0v) is 13.9. The lowest BCUT2D eigenvalue weighted by molar-refractivity contribution is -0.122. The van der Waals surface area contributed by atoms with E-state index in [-0.39, 0.29) is 25.7 Å². The summed E-state index contributed by atoms with van der Waals surface area (Å²) < 4.78 is 11.7. The Morgan fingerprint density at radius 2 is 2.04 bits per heavy atom. The molecule has 0 saturated carbocycles. The monoisotopic (exact) mass is 374 g/mol. The maximum Gasteiger partial charge on any atom is 0.258 e. The predicted octanol–water partition coefficient (Wildman–Crippen LogP) is 2.42. The number of hydrogen-bond donors (Lipinski definition) is 1.